The van der Waals surface area contributed by atoms with E-state index >= 15 is 0 Å². The first-order valence-corrected chi connectivity index (χ1v) is 14.2. The van der Waals surface area contributed by atoms with Crippen molar-refractivity contribution < 1.29 is 23.5 Å². The highest BCUT2D eigenvalue weighted by Gasteiger charge is 2.45. The van der Waals surface area contributed by atoms with Crippen molar-refractivity contribution in [3.05, 3.63) is 41.2 Å². The number of ether oxygens (including phenoxy) is 2. The van der Waals surface area contributed by atoms with E-state index in [4.69, 9.17) is 13.9 Å². The molecule has 0 spiro atoms. The van der Waals surface area contributed by atoms with Crippen molar-refractivity contribution in [1.82, 2.24) is 0 Å². The van der Waals surface area contributed by atoms with Gasteiger partial charge in [-0.05, 0) is 56.5 Å². The van der Waals surface area contributed by atoms with Crippen LogP contribution in [-0.2, 0) is 23.5 Å². The molecule has 5 nitrogen and oxygen atoms in total. The zero-order valence-electron chi connectivity index (χ0n) is 20.0. The smallest absolute Gasteiger partial charge is 0.314 e. The molecule has 31 heavy (non-hydrogen) atoms. The summed E-state index contributed by atoms with van der Waals surface area (Å²) in [7, 11) is -1.97. The molecule has 0 N–H and O–H groups in total. The van der Waals surface area contributed by atoms with Gasteiger partial charge < -0.3 is 13.9 Å². The summed E-state index contributed by atoms with van der Waals surface area (Å²) < 4.78 is 17.7. The maximum Gasteiger partial charge on any atom is 0.314 e. The highest BCUT2D eigenvalue weighted by atomic mass is 28.4. The van der Waals surface area contributed by atoms with E-state index in [0.29, 0.717) is 12.8 Å². The van der Waals surface area contributed by atoms with Crippen LogP contribution >= 0.6 is 0 Å². The summed E-state index contributed by atoms with van der Waals surface area (Å²) in [6, 6.07) is 11.0. The first-order valence-electron chi connectivity index (χ1n) is 11.7. The number of rotatable bonds is 10. The molecule has 0 heterocycles. The maximum absolute atomic E-state index is 13.2. The van der Waals surface area contributed by atoms with Gasteiger partial charge in [-0.3, -0.25) is 9.59 Å². The molecule has 0 saturated carbocycles. The molecule has 172 valence electrons. The van der Waals surface area contributed by atoms with Gasteiger partial charge in [0.1, 0.15) is 0 Å². The van der Waals surface area contributed by atoms with E-state index < -0.39 is 20.2 Å². The number of benzene rings is 1. The summed E-state index contributed by atoms with van der Waals surface area (Å²) in [5.74, 6) is -1.14. The minimum atomic E-state index is -1.97. The summed E-state index contributed by atoms with van der Waals surface area (Å²) in [4.78, 5) is 26.1. The first kappa shape index (κ1) is 25.2. The predicted octanol–water partition coefficient (Wildman–Crippen LogP) is 5.88. The first-order chi connectivity index (χ1) is 14.9. The van der Waals surface area contributed by atoms with Crippen LogP contribution in [-0.4, -0.2) is 33.5 Å². The monoisotopic (exact) mass is 446 g/mol. The van der Waals surface area contributed by atoms with Crippen molar-refractivity contribution in [2.45, 2.75) is 72.5 Å². The number of allylic oxidation sites excluding steroid dienone is 1. The molecule has 0 fully saturated rings. The van der Waals surface area contributed by atoms with E-state index in [-0.39, 0.29) is 25.2 Å². The van der Waals surface area contributed by atoms with Gasteiger partial charge in [0.25, 0.3) is 0 Å². The molecule has 1 aromatic carbocycles. The summed E-state index contributed by atoms with van der Waals surface area (Å²) in [6.07, 6.45) is 1.15. The lowest BCUT2D eigenvalue weighted by Crippen LogP contribution is -2.40. The van der Waals surface area contributed by atoms with Crippen LogP contribution in [0.3, 0.4) is 0 Å². The third-order valence-corrected chi connectivity index (χ3v) is 11.1. The Bertz CT molecular complexity index is 789. The van der Waals surface area contributed by atoms with E-state index in [9.17, 15) is 9.59 Å². The standard InChI is InChI=1S/C25H38O5Si/c1-7-28-24(26)20-16-17-21(30-31(9-3,10-4)11-5)22(23(20)25(27)29-8-2)19-15-13-12-14-18(19)6/h12-15,20,23H,7-11,16-17H2,1-6H3/t20-,23+/m1/s1. The molecule has 6 heteroatoms. The molecule has 2 atom stereocenters. The van der Waals surface area contributed by atoms with E-state index in [1.165, 1.54) is 0 Å². The molecular formula is C25H38O5Si. The third kappa shape index (κ3) is 5.59. The Balaban J connectivity index is 2.71. The normalized spacial score (nSPS) is 19.2. The molecule has 0 aromatic heterocycles. The lowest BCUT2D eigenvalue weighted by Gasteiger charge is -2.38. The fourth-order valence-corrected chi connectivity index (χ4v) is 7.17. The highest BCUT2D eigenvalue weighted by molar-refractivity contribution is 6.73. The van der Waals surface area contributed by atoms with Crippen molar-refractivity contribution in [2.24, 2.45) is 11.8 Å². The number of carbonyl (C=O) groups excluding carboxylic acids is 2. The highest BCUT2D eigenvalue weighted by Crippen LogP contribution is 2.45. The minimum absolute atomic E-state index is 0.264. The maximum atomic E-state index is 13.2. The molecule has 0 unspecified atom stereocenters. The van der Waals surface area contributed by atoms with Crippen LogP contribution in [0.5, 0.6) is 0 Å². The second-order valence-corrected chi connectivity index (χ2v) is 12.8. The third-order valence-electron chi connectivity index (χ3n) is 6.53. The second kappa shape index (κ2) is 11.5. The van der Waals surface area contributed by atoms with Crippen molar-refractivity contribution >= 4 is 25.8 Å². The summed E-state index contributed by atoms with van der Waals surface area (Å²) in [5, 5.41) is 0. The Labute approximate surface area is 188 Å². The molecule has 1 aliphatic carbocycles. The van der Waals surface area contributed by atoms with Crippen LogP contribution in [0.2, 0.25) is 18.1 Å². The number of carbonyl (C=O) groups is 2. The molecular weight excluding hydrogens is 408 g/mol. The van der Waals surface area contributed by atoms with Crippen molar-refractivity contribution in [1.29, 1.82) is 0 Å². The lowest BCUT2D eigenvalue weighted by molar-refractivity contribution is -0.158. The van der Waals surface area contributed by atoms with Gasteiger partial charge in [0.15, 0.2) is 0 Å². The zero-order valence-corrected chi connectivity index (χ0v) is 21.0. The topological polar surface area (TPSA) is 61.8 Å². The van der Waals surface area contributed by atoms with E-state index in [0.717, 1.165) is 40.6 Å². The fourth-order valence-electron chi connectivity index (χ4n) is 4.51. The summed E-state index contributed by atoms with van der Waals surface area (Å²) in [5.41, 5.74) is 2.82. The van der Waals surface area contributed by atoms with Crippen LogP contribution in [0.25, 0.3) is 5.57 Å². The SMILES string of the molecule is CCOC(=O)[C@@H]1C(c2ccccc2C)=C(O[Si](CC)(CC)CC)CC[C@H]1C(=O)OCC. The van der Waals surface area contributed by atoms with Gasteiger partial charge >= 0.3 is 11.9 Å². The van der Waals surface area contributed by atoms with Crippen molar-refractivity contribution in [3.63, 3.8) is 0 Å². The predicted molar refractivity (Wildman–Crippen MR) is 126 cm³/mol. The summed E-state index contributed by atoms with van der Waals surface area (Å²) in [6.45, 7) is 12.7. The van der Waals surface area contributed by atoms with Gasteiger partial charge in [0, 0.05) is 12.0 Å². The van der Waals surface area contributed by atoms with Crippen molar-refractivity contribution in [3.8, 4) is 0 Å². The van der Waals surface area contributed by atoms with Gasteiger partial charge in [0.2, 0.25) is 8.32 Å². The molecule has 1 aliphatic rings. The largest absolute Gasteiger partial charge is 0.546 e. The molecule has 0 radical (unpaired) electrons. The van der Waals surface area contributed by atoms with Crippen LogP contribution in [0.15, 0.2) is 30.0 Å². The van der Waals surface area contributed by atoms with Gasteiger partial charge in [-0.1, -0.05) is 45.0 Å². The Kier molecular flexibility index (Phi) is 9.35. The quantitative estimate of drug-likeness (QED) is 0.332. The van der Waals surface area contributed by atoms with Crippen molar-refractivity contribution in [2.75, 3.05) is 13.2 Å². The van der Waals surface area contributed by atoms with Gasteiger partial charge in [-0.15, -0.1) is 0 Å². The average molecular weight is 447 g/mol. The molecule has 1 aromatic rings. The molecule has 0 amide bonds. The lowest BCUT2D eigenvalue weighted by atomic mass is 9.74. The average Bonchev–Trinajstić information content (AvgIpc) is 2.78. The Morgan fingerprint density at radius 3 is 2.06 bits per heavy atom. The van der Waals surface area contributed by atoms with Gasteiger partial charge in [0.05, 0.1) is 30.8 Å². The Hall–Kier alpha value is -2.08. The summed E-state index contributed by atoms with van der Waals surface area (Å²) >= 11 is 0. The fraction of sp³-hybridized carbons (Fsp3) is 0.600. The second-order valence-electron chi connectivity index (χ2n) is 8.12. The number of esters is 2. The van der Waals surface area contributed by atoms with E-state index in [1.54, 1.807) is 13.8 Å². The van der Waals surface area contributed by atoms with Gasteiger partial charge in [-0.2, -0.15) is 0 Å². The number of aryl methyl sites for hydroxylation is 1. The number of hydrogen-bond donors (Lipinski definition) is 0. The van der Waals surface area contributed by atoms with Crippen LogP contribution in [0, 0.1) is 18.8 Å². The Morgan fingerprint density at radius 2 is 1.52 bits per heavy atom. The Morgan fingerprint density at radius 1 is 0.935 bits per heavy atom. The molecule has 0 aliphatic heterocycles. The molecule has 0 bridgehead atoms. The van der Waals surface area contributed by atoms with Crippen LogP contribution in [0.1, 0.15) is 58.6 Å². The van der Waals surface area contributed by atoms with Crippen LogP contribution in [0.4, 0.5) is 0 Å². The number of hydrogen-bond acceptors (Lipinski definition) is 5. The molecule has 2 rings (SSSR count). The minimum Gasteiger partial charge on any atom is -0.546 e. The zero-order chi connectivity index (χ0) is 23.0. The van der Waals surface area contributed by atoms with E-state index in [2.05, 4.69) is 20.8 Å². The van der Waals surface area contributed by atoms with E-state index in [1.807, 2.05) is 31.2 Å². The van der Waals surface area contributed by atoms with Gasteiger partial charge in [-0.25, -0.2) is 0 Å². The van der Waals surface area contributed by atoms with Crippen LogP contribution < -0.4 is 0 Å². The molecule has 0 saturated heterocycles.